The molecule has 6 N–H and O–H groups in total. The van der Waals surface area contributed by atoms with Gasteiger partial charge in [-0.1, -0.05) is 123 Å². The lowest BCUT2D eigenvalue weighted by Gasteiger charge is -2.39. The van der Waals surface area contributed by atoms with Crippen LogP contribution in [0.5, 0.6) is 0 Å². The van der Waals surface area contributed by atoms with Crippen LogP contribution in [0.2, 0.25) is 5.02 Å². The van der Waals surface area contributed by atoms with Crippen LogP contribution in [-0.2, 0) is 75.1 Å². The molecule has 4 rings (SSSR count). The van der Waals surface area contributed by atoms with Gasteiger partial charge in [0.05, 0.1) is 38.4 Å². The number of aliphatic hydroxyl groups is 2. The van der Waals surface area contributed by atoms with E-state index in [1.165, 1.54) is 77.8 Å². The van der Waals surface area contributed by atoms with Crippen molar-refractivity contribution in [3.05, 3.63) is 70.7 Å². The molecule has 0 aromatic heterocycles. The Morgan fingerprint density at radius 1 is 0.553 bits per heavy atom. The number of carbonyl (C=O) groups is 12. The van der Waals surface area contributed by atoms with Crippen molar-refractivity contribution in [1.29, 1.82) is 0 Å². The normalized spacial score (nSPS) is 25.3. The van der Waals surface area contributed by atoms with Gasteiger partial charge in [0.15, 0.2) is 0 Å². The summed E-state index contributed by atoms with van der Waals surface area (Å²) in [4.78, 5) is 191. The number of carbonyl (C=O) groups excluding carboxylic acids is 12. The first-order valence-corrected chi connectivity index (χ1v) is 36.8. The second-order valence-corrected chi connectivity index (χ2v) is 29.9. The van der Waals surface area contributed by atoms with Gasteiger partial charge in [-0.15, -0.1) is 0 Å². The Labute approximate surface area is 615 Å². The maximum atomic E-state index is 15.6. The van der Waals surface area contributed by atoms with E-state index in [4.69, 9.17) is 16.3 Å². The van der Waals surface area contributed by atoms with Crippen molar-refractivity contribution >= 4 is 82.5 Å². The van der Waals surface area contributed by atoms with E-state index in [0.717, 1.165) is 26.0 Å². The molecule has 0 unspecified atom stereocenters. The molecule has 2 aliphatic heterocycles. The van der Waals surface area contributed by atoms with Gasteiger partial charge in [-0.2, -0.15) is 0 Å². The zero-order chi connectivity index (χ0) is 77.4. The molecule has 28 heteroatoms. The summed E-state index contributed by atoms with van der Waals surface area (Å²) in [5, 5.41) is 33.2. The fourth-order valence-electron chi connectivity index (χ4n) is 13.0. The van der Waals surface area contributed by atoms with Gasteiger partial charge in [0.25, 0.3) is 0 Å². The van der Waals surface area contributed by atoms with Gasteiger partial charge < -0.3 is 75.4 Å². The smallest absolute Gasteiger partial charge is 0.248 e. The standard InChI is InChI=1S/C75H119ClN12O15/c1-19-32-88-42-63(92)82(14)58(36-46(5)6)67(94)78-56(72(99)87-33-25-22-26-34-87)41-62(91)81(13)50(11)66(93)79-57(44-103-43-49(10)89)71(98)84(16)60(37-47(7)8)73(100)83(15)59(40-53-30-27-31-54(76)38-53)68(95)77-55(35-45(3)4)70(97)85(17)61(39-52-28-23-21-24-29-52)74(101)86(18)65(48(9)20-2)69(96)80-64(51(12)90)75(88)102/h21,23-24,27-31,38,45-51,55-61,64-65,89-90H,19-20,22,25-26,32-37,39-44H2,1-18H3,(H,77,95)(H,78,94)(H,79,93)(H,80,96)/t48-,49+,50-,51+,55-,56-,57-,58-,59-,60-,61-,64-,65-/m0/s1. The highest BCUT2D eigenvalue weighted by Crippen LogP contribution is 2.25. The lowest BCUT2D eigenvalue weighted by atomic mass is 9.94. The minimum atomic E-state index is -1.68. The van der Waals surface area contributed by atoms with E-state index in [1.54, 1.807) is 80.3 Å². The molecule has 0 spiro atoms. The summed E-state index contributed by atoms with van der Waals surface area (Å²) >= 11 is 6.54. The molecule has 103 heavy (non-hydrogen) atoms. The number of likely N-dealkylation sites (tertiary alicyclic amines) is 1. The summed E-state index contributed by atoms with van der Waals surface area (Å²) in [6, 6.07) is 1.37. The lowest BCUT2D eigenvalue weighted by molar-refractivity contribution is -0.152. The van der Waals surface area contributed by atoms with E-state index in [2.05, 4.69) is 21.3 Å². The molecular weight excluding hydrogens is 1340 g/mol. The fraction of sp³-hybridized carbons (Fsp3) is 0.680. The first kappa shape index (κ1) is 87.7. The highest BCUT2D eigenvalue weighted by molar-refractivity contribution is 6.30. The maximum Gasteiger partial charge on any atom is 0.248 e. The van der Waals surface area contributed by atoms with Gasteiger partial charge in [0, 0.05) is 79.8 Å². The number of hydrogen-bond acceptors (Lipinski definition) is 15. The molecule has 2 saturated heterocycles. The van der Waals surface area contributed by atoms with E-state index in [1.807, 2.05) is 41.5 Å². The van der Waals surface area contributed by atoms with Crippen molar-refractivity contribution in [3.8, 4) is 0 Å². The van der Waals surface area contributed by atoms with Crippen LogP contribution in [-0.4, -0.2) is 275 Å². The lowest BCUT2D eigenvalue weighted by Crippen LogP contribution is -2.63. The van der Waals surface area contributed by atoms with Crippen LogP contribution in [0.3, 0.4) is 0 Å². The van der Waals surface area contributed by atoms with Crippen LogP contribution in [0, 0.1) is 23.7 Å². The average Bonchev–Trinajstić information content (AvgIpc) is 0.810. The molecule has 0 radical (unpaired) electrons. The first-order chi connectivity index (χ1) is 48.4. The average molecular weight is 1460 g/mol. The zero-order valence-electron chi connectivity index (χ0n) is 64.1. The predicted octanol–water partition coefficient (Wildman–Crippen LogP) is 3.66. The number of rotatable bonds is 20. The third-order valence-corrected chi connectivity index (χ3v) is 19.7. The Balaban J connectivity index is 2.02. The quantitative estimate of drug-likeness (QED) is 0.110. The first-order valence-electron chi connectivity index (χ1n) is 36.5. The molecule has 12 amide bonds. The number of likely N-dealkylation sites (N-methyl/N-ethyl adjacent to an activating group) is 6. The van der Waals surface area contributed by atoms with Crippen molar-refractivity contribution in [2.45, 2.75) is 226 Å². The topological polar surface area (TPSA) is 329 Å². The fourth-order valence-corrected chi connectivity index (χ4v) is 13.2. The Bertz CT molecular complexity index is 3190. The highest BCUT2D eigenvalue weighted by atomic mass is 35.5. The second kappa shape index (κ2) is 41.7. The Hall–Kier alpha value is -7.75. The number of nitrogens with zero attached hydrogens (tertiary/aromatic N) is 8. The number of ether oxygens (including phenoxy) is 1. The Morgan fingerprint density at radius 3 is 1.65 bits per heavy atom. The van der Waals surface area contributed by atoms with E-state index >= 15 is 28.8 Å². The van der Waals surface area contributed by atoms with E-state index in [9.17, 15) is 39.0 Å². The molecule has 27 nitrogen and oxygen atoms in total. The number of amides is 12. The molecule has 576 valence electrons. The monoisotopic (exact) mass is 1460 g/mol. The highest BCUT2D eigenvalue weighted by Gasteiger charge is 2.45. The second-order valence-electron chi connectivity index (χ2n) is 29.4. The molecule has 0 bridgehead atoms. The number of nitrogens with one attached hydrogen (secondary N) is 4. The molecular formula is C75H119ClN12O15. The summed E-state index contributed by atoms with van der Waals surface area (Å²) in [5.41, 5.74) is 1.16. The maximum absolute atomic E-state index is 15.6. The van der Waals surface area contributed by atoms with E-state index in [0.29, 0.717) is 54.9 Å². The number of aliphatic hydroxyl groups excluding tert-OH is 2. The van der Waals surface area contributed by atoms with Gasteiger partial charge in [-0.05, 0) is 113 Å². The van der Waals surface area contributed by atoms with Crippen molar-refractivity contribution in [3.63, 3.8) is 0 Å². The van der Waals surface area contributed by atoms with E-state index < -0.39 is 169 Å². The molecule has 2 aromatic carbocycles. The number of hydrogen-bond donors (Lipinski definition) is 6. The van der Waals surface area contributed by atoms with Crippen LogP contribution in [0.15, 0.2) is 54.6 Å². The van der Waals surface area contributed by atoms with Gasteiger partial charge in [0.1, 0.15) is 60.4 Å². The molecule has 2 heterocycles. The molecule has 2 fully saturated rings. The van der Waals surface area contributed by atoms with Gasteiger partial charge >= 0.3 is 0 Å². The molecule has 0 aliphatic carbocycles. The van der Waals surface area contributed by atoms with Gasteiger partial charge in [-0.3, -0.25) is 57.5 Å². The number of piperidine rings is 1. The van der Waals surface area contributed by atoms with Crippen LogP contribution in [0.25, 0.3) is 0 Å². The van der Waals surface area contributed by atoms with Gasteiger partial charge in [-0.25, -0.2) is 0 Å². The SMILES string of the molecule is CCCN1CC(=O)N(C)[C@@H](CC(C)C)C(=O)N[C@H](C(=O)N2CCCCC2)CC(=O)N(C)[C@@H](C)C(=O)N[C@@H](COC[C@@H](C)O)C(=O)N(C)[C@@H](CC(C)C)C(=O)N(C)[C@@H](Cc2cccc(Cl)c2)C(=O)N[C@@H](CC(C)C)C(=O)N(C)[C@@H](Cc2ccccc2)C(=O)N(C)[C@@H]([C@@H](C)CC)C(=O)N[C@@H]([C@@H](C)O)C1=O. The van der Waals surface area contributed by atoms with Crippen LogP contribution < -0.4 is 21.3 Å². The number of halogens is 1. The third-order valence-electron chi connectivity index (χ3n) is 19.4. The largest absolute Gasteiger partial charge is 0.391 e. The van der Waals surface area contributed by atoms with Crippen molar-refractivity contribution < 1.29 is 72.5 Å². The summed E-state index contributed by atoms with van der Waals surface area (Å²) < 4.78 is 5.79. The Kier molecular flexibility index (Phi) is 35.5. The molecule has 2 aliphatic rings. The van der Waals surface area contributed by atoms with Gasteiger partial charge in [0.2, 0.25) is 70.9 Å². The molecule has 2 aromatic rings. The Morgan fingerprint density at radius 2 is 1.09 bits per heavy atom. The van der Waals surface area contributed by atoms with E-state index in [-0.39, 0.29) is 63.0 Å². The minimum absolute atomic E-state index is 0.0271. The molecule has 13 atom stereocenters. The van der Waals surface area contributed by atoms with Crippen molar-refractivity contribution in [1.82, 2.24) is 60.5 Å². The van der Waals surface area contributed by atoms with Crippen LogP contribution in [0.4, 0.5) is 0 Å². The van der Waals surface area contributed by atoms with Crippen LogP contribution >= 0.6 is 11.6 Å². The summed E-state index contributed by atoms with van der Waals surface area (Å²) in [5.74, 6) is -10.5. The molecule has 0 saturated carbocycles. The van der Waals surface area contributed by atoms with Crippen LogP contribution in [0.1, 0.15) is 152 Å². The van der Waals surface area contributed by atoms with Crippen molar-refractivity contribution in [2.75, 3.05) is 81.7 Å². The van der Waals surface area contributed by atoms with Crippen molar-refractivity contribution in [2.24, 2.45) is 23.7 Å². The third kappa shape index (κ3) is 25.5. The summed E-state index contributed by atoms with van der Waals surface area (Å²) in [7, 11) is 8.29. The number of benzene rings is 2. The zero-order valence-corrected chi connectivity index (χ0v) is 64.9. The summed E-state index contributed by atoms with van der Waals surface area (Å²) in [6.07, 6.45) is -0.559. The summed E-state index contributed by atoms with van der Waals surface area (Å²) in [6.45, 7) is 19.6. The minimum Gasteiger partial charge on any atom is -0.391 e. The predicted molar refractivity (Wildman–Crippen MR) is 392 cm³/mol.